The maximum Gasteiger partial charge on any atom is 0.263 e. The number of halogens is 1. The summed E-state index contributed by atoms with van der Waals surface area (Å²) in [6.07, 6.45) is 3.57. The third kappa shape index (κ3) is 2.93. The van der Waals surface area contributed by atoms with E-state index in [2.05, 4.69) is 26.3 Å². The molecule has 5 nitrogen and oxygen atoms in total. The molecule has 0 radical (unpaired) electrons. The minimum Gasteiger partial charge on any atom is -0.397 e. The van der Waals surface area contributed by atoms with Crippen molar-refractivity contribution in [1.29, 1.82) is 0 Å². The molecule has 108 valence electrons. The lowest BCUT2D eigenvalue weighted by atomic mass is 10.2. The molecule has 0 aliphatic heterocycles. The van der Waals surface area contributed by atoms with Gasteiger partial charge in [-0.3, -0.25) is 9.48 Å². The minimum atomic E-state index is -0.142. The topological polar surface area (TPSA) is 72.9 Å². The molecule has 0 fully saturated rings. The zero-order valence-electron chi connectivity index (χ0n) is 11.0. The van der Waals surface area contributed by atoms with Crippen molar-refractivity contribution in [3.8, 4) is 0 Å². The molecule has 0 bridgehead atoms. The van der Waals surface area contributed by atoms with E-state index < -0.39 is 0 Å². The van der Waals surface area contributed by atoms with Crippen LogP contribution in [-0.4, -0.2) is 22.2 Å². The van der Waals surface area contributed by atoms with Crippen molar-refractivity contribution >= 4 is 48.9 Å². The number of thiophene rings is 1. The number of carbonyl (C=O) groups excluding carboxylic acids is 1. The maximum atomic E-state index is 12.2. The number of nitrogens with zero attached hydrogens (tertiary/aromatic N) is 2. The average molecular weight is 365 g/mol. The molecule has 3 N–H and O–H groups in total. The standard InChI is InChI=1S/C14H13BrN4OS/c15-9-2-3-10-11(8-9)21-13(12(10)16)14(20)17-5-7-19-6-1-4-18-19/h1-4,6,8H,5,7,16H2,(H,17,20). The molecule has 7 heteroatoms. The summed E-state index contributed by atoms with van der Waals surface area (Å²) in [5.74, 6) is -0.142. The van der Waals surface area contributed by atoms with Crippen LogP contribution in [0.15, 0.2) is 41.1 Å². The molecule has 0 aliphatic rings. The summed E-state index contributed by atoms with van der Waals surface area (Å²) in [6, 6.07) is 7.66. The van der Waals surface area contributed by atoms with E-state index in [1.165, 1.54) is 11.3 Å². The molecule has 1 amide bonds. The predicted octanol–water partition coefficient (Wildman–Crippen LogP) is 2.87. The van der Waals surface area contributed by atoms with Gasteiger partial charge in [-0.25, -0.2) is 0 Å². The monoisotopic (exact) mass is 364 g/mol. The highest BCUT2D eigenvalue weighted by Crippen LogP contribution is 2.35. The summed E-state index contributed by atoms with van der Waals surface area (Å²) in [4.78, 5) is 12.8. The number of aromatic nitrogens is 2. The van der Waals surface area contributed by atoms with Gasteiger partial charge in [-0.05, 0) is 18.2 Å². The van der Waals surface area contributed by atoms with Crippen molar-refractivity contribution in [1.82, 2.24) is 15.1 Å². The third-order valence-corrected chi connectivity index (χ3v) is 4.74. The van der Waals surface area contributed by atoms with Crippen molar-refractivity contribution in [2.75, 3.05) is 12.3 Å². The van der Waals surface area contributed by atoms with Crippen LogP contribution in [0, 0.1) is 0 Å². The second-order valence-corrected chi connectivity index (χ2v) is 6.48. The van der Waals surface area contributed by atoms with Crippen LogP contribution in [0.3, 0.4) is 0 Å². The van der Waals surface area contributed by atoms with Crippen molar-refractivity contribution < 1.29 is 4.79 Å². The normalized spacial score (nSPS) is 10.9. The first kappa shape index (κ1) is 14.1. The summed E-state index contributed by atoms with van der Waals surface area (Å²) >= 11 is 4.83. The van der Waals surface area contributed by atoms with E-state index in [1.54, 1.807) is 10.9 Å². The Morgan fingerprint density at radius 3 is 3.10 bits per heavy atom. The SMILES string of the molecule is Nc1c(C(=O)NCCn2cccn2)sc2cc(Br)ccc12. The largest absolute Gasteiger partial charge is 0.397 e. The Morgan fingerprint density at radius 2 is 2.33 bits per heavy atom. The van der Waals surface area contributed by atoms with Crippen LogP contribution in [0.1, 0.15) is 9.67 Å². The molecule has 0 aliphatic carbocycles. The first-order valence-electron chi connectivity index (χ1n) is 6.38. The molecule has 0 saturated carbocycles. The Kier molecular flexibility index (Phi) is 3.94. The number of hydrogen-bond donors (Lipinski definition) is 2. The van der Waals surface area contributed by atoms with E-state index >= 15 is 0 Å². The summed E-state index contributed by atoms with van der Waals surface area (Å²) in [6.45, 7) is 1.15. The third-order valence-electron chi connectivity index (χ3n) is 3.08. The Hall–Kier alpha value is -1.86. The summed E-state index contributed by atoms with van der Waals surface area (Å²) < 4.78 is 3.74. The summed E-state index contributed by atoms with van der Waals surface area (Å²) in [5.41, 5.74) is 6.61. The molecular weight excluding hydrogens is 352 g/mol. The van der Waals surface area contributed by atoms with Crippen LogP contribution in [0.2, 0.25) is 0 Å². The van der Waals surface area contributed by atoms with Crippen LogP contribution in [0.5, 0.6) is 0 Å². The van der Waals surface area contributed by atoms with Crippen molar-refractivity contribution in [3.05, 3.63) is 46.0 Å². The number of nitrogens with two attached hydrogens (primary N) is 1. The number of nitrogens with one attached hydrogen (secondary N) is 1. The van der Waals surface area contributed by atoms with Gasteiger partial charge in [0.05, 0.1) is 12.2 Å². The smallest absolute Gasteiger partial charge is 0.263 e. The van der Waals surface area contributed by atoms with E-state index in [-0.39, 0.29) is 5.91 Å². The summed E-state index contributed by atoms with van der Waals surface area (Å²) in [5, 5.41) is 7.88. The van der Waals surface area contributed by atoms with Gasteiger partial charge in [0.2, 0.25) is 0 Å². The van der Waals surface area contributed by atoms with Gasteiger partial charge in [-0.1, -0.05) is 22.0 Å². The molecule has 3 aromatic rings. The van der Waals surface area contributed by atoms with Gasteiger partial charge in [0.15, 0.2) is 0 Å². The van der Waals surface area contributed by atoms with E-state index in [4.69, 9.17) is 5.73 Å². The fourth-order valence-electron chi connectivity index (χ4n) is 2.06. The molecule has 0 saturated heterocycles. The minimum absolute atomic E-state index is 0.142. The molecule has 2 heterocycles. The van der Waals surface area contributed by atoms with E-state index in [9.17, 15) is 4.79 Å². The average Bonchev–Trinajstić information content (AvgIpc) is 3.07. The number of hydrogen-bond acceptors (Lipinski definition) is 4. The van der Waals surface area contributed by atoms with Crippen molar-refractivity contribution in [2.24, 2.45) is 0 Å². The van der Waals surface area contributed by atoms with Gasteiger partial charge in [0.25, 0.3) is 5.91 Å². The fourth-order valence-corrected chi connectivity index (χ4v) is 3.65. The first-order valence-corrected chi connectivity index (χ1v) is 7.99. The molecule has 0 spiro atoms. The number of carbonyl (C=O) groups is 1. The maximum absolute atomic E-state index is 12.2. The molecule has 0 unspecified atom stereocenters. The molecular formula is C14H13BrN4OS. The zero-order valence-corrected chi connectivity index (χ0v) is 13.4. The Balaban J connectivity index is 1.73. The van der Waals surface area contributed by atoms with E-state index in [0.717, 1.165) is 14.6 Å². The highest BCUT2D eigenvalue weighted by molar-refractivity contribution is 9.10. The number of anilines is 1. The Labute approximate surface area is 133 Å². The molecule has 2 aromatic heterocycles. The lowest BCUT2D eigenvalue weighted by Gasteiger charge is -2.04. The number of rotatable bonds is 4. The Bertz CT molecular complexity index is 782. The highest BCUT2D eigenvalue weighted by atomic mass is 79.9. The number of fused-ring (bicyclic) bond motifs is 1. The Morgan fingerprint density at radius 1 is 1.48 bits per heavy atom. The molecule has 3 rings (SSSR count). The van der Waals surface area contributed by atoms with Gasteiger partial charge >= 0.3 is 0 Å². The number of nitrogen functional groups attached to an aromatic ring is 1. The van der Waals surface area contributed by atoms with Gasteiger partial charge in [-0.15, -0.1) is 11.3 Å². The zero-order chi connectivity index (χ0) is 14.8. The van der Waals surface area contributed by atoms with Gasteiger partial charge in [-0.2, -0.15) is 5.10 Å². The highest BCUT2D eigenvalue weighted by Gasteiger charge is 2.16. The van der Waals surface area contributed by atoms with Crippen LogP contribution in [-0.2, 0) is 6.54 Å². The quantitative estimate of drug-likeness (QED) is 0.747. The second-order valence-electron chi connectivity index (χ2n) is 4.51. The van der Waals surface area contributed by atoms with Crippen LogP contribution in [0.25, 0.3) is 10.1 Å². The second kappa shape index (κ2) is 5.87. The van der Waals surface area contributed by atoms with Crippen LogP contribution in [0.4, 0.5) is 5.69 Å². The van der Waals surface area contributed by atoms with E-state index in [0.29, 0.717) is 23.7 Å². The van der Waals surface area contributed by atoms with Gasteiger partial charge < -0.3 is 11.1 Å². The fraction of sp³-hybridized carbons (Fsp3) is 0.143. The van der Waals surface area contributed by atoms with Crippen LogP contribution >= 0.6 is 27.3 Å². The van der Waals surface area contributed by atoms with Crippen molar-refractivity contribution in [2.45, 2.75) is 6.54 Å². The predicted molar refractivity (Wildman–Crippen MR) is 88.5 cm³/mol. The molecule has 21 heavy (non-hydrogen) atoms. The van der Waals surface area contributed by atoms with Gasteiger partial charge in [0, 0.05) is 33.5 Å². The lowest BCUT2D eigenvalue weighted by molar-refractivity contribution is 0.0957. The summed E-state index contributed by atoms with van der Waals surface area (Å²) in [7, 11) is 0. The van der Waals surface area contributed by atoms with Crippen molar-refractivity contribution in [3.63, 3.8) is 0 Å². The number of benzene rings is 1. The molecule has 1 aromatic carbocycles. The molecule has 0 atom stereocenters. The van der Waals surface area contributed by atoms with Crippen LogP contribution < -0.4 is 11.1 Å². The van der Waals surface area contributed by atoms with Gasteiger partial charge in [0.1, 0.15) is 4.88 Å². The number of amides is 1. The lowest BCUT2D eigenvalue weighted by Crippen LogP contribution is -2.27. The first-order chi connectivity index (χ1) is 10.1. The van der Waals surface area contributed by atoms with E-state index in [1.807, 2.05) is 30.5 Å².